The Bertz CT molecular complexity index is 1120. The van der Waals surface area contributed by atoms with E-state index < -0.39 is 12.0 Å². The van der Waals surface area contributed by atoms with Gasteiger partial charge in [0.2, 0.25) is 0 Å². The Morgan fingerprint density at radius 2 is 1.74 bits per heavy atom. The van der Waals surface area contributed by atoms with E-state index in [2.05, 4.69) is 0 Å². The van der Waals surface area contributed by atoms with Crippen molar-refractivity contribution in [3.8, 4) is 5.75 Å². The second kappa shape index (κ2) is 11.1. The zero-order valence-corrected chi connectivity index (χ0v) is 19.4. The molecule has 0 amide bonds. The summed E-state index contributed by atoms with van der Waals surface area (Å²) in [6.45, 7) is 0.132. The van der Waals surface area contributed by atoms with Crippen molar-refractivity contribution >= 4 is 11.8 Å². The van der Waals surface area contributed by atoms with E-state index in [1.165, 1.54) is 19.6 Å². The number of benzene rings is 2. The van der Waals surface area contributed by atoms with Gasteiger partial charge >= 0.3 is 5.97 Å². The summed E-state index contributed by atoms with van der Waals surface area (Å²) in [4.78, 5) is 25.9. The summed E-state index contributed by atoms with van der Waals surface area (Å²) in [5.41, 5.74) is 1.95. The smallest absolute Gasteiger partial charge is 0.329 e. The van der Waals surface area contributed by atoms with Crippen LogP contribution in [0.3, 0.4) is 0 Å². The fourth-order valence-electron chi connectivity index (χ4n) is 4.60. The molecule has 1 atom stereocenters. The Kier molecular flexibility index (Phi) is 7.78. The largest absolute Gasteiger partial charge is 0.489 e. The normalized spacial score (nSPS) is 15.0. The van der Waals surface area contributed by atoms with Crippen molar-refractivity contribution in [3.05, 3.63) is 89.5 Å². The Hall–Kier alpha value is -3.41. The first-order chi connectivity index (χ1) is 16.6. The standard InChI is InChI=1S/C28H30FNO4/c1-33-28(32)26(30-17-7-12-25(30)27(31)21-8-3-2-4-9-21)18-20-13-15-23(16-14-20)34-19-22-10-5-6-11-24(22)29/h5-7,10-17,21,26H,2-4,8-9,18-19H2,1H3. The summed E-state index contributed by atoms with van der Waals surface area (Å²) in [5, 5.41) is 0. The number of rotatable bonds is 9. The lowest BCUT2D eigenvalue weighted by molar-refractivity contribution is -0.144. The molecule has 34 heavy (non-hydrogen) atoms. The number of hydrogen-bond acceptors (Lipinski definition) is 4. The number of Topliss-reactive ketones (excluding diaryl/α,β-unsaturated/α-hetero) is 1. The average molecular weight is 464 g/mol. The average Bonchev–Trinajstić information content (AvgIpc) is 3.36. The number of methoxy groups -OCH3 is 1. The van der Waals surface area contributed by atoms with Crippen LogP contribution in [-0.4, -0.2) is 23.4 Å². The SMILES string of the molecule is COC(=O)C(Cc1ccc(OCc2ccccc2F)cc1)n1cccc1C(=O)C1CCCCC1. The third-order valence-corrected chi connectivity index (χ3v) is 6.52. The maximum Gasteiger partial charge on any atom is 0.329 e. The summed E-state index contributed by atoms with van der Waals surface area (Å²) in [7, 11) is 1.36. The molecule has 0 spiro atoms. The first-order valence-corrected chi connectivity index (χ1v) is 11.8. The van der Waals surface area contributed by atoms with E-state index in [0.717, 1.165) is 31.2 Å². The molecule has 1 aliphatic rings. The zero-order valence-electron chi connectivity index (χ0n) is 19.4. The van der Waals surface area contributed by atoms with Crippen LogP contribution in [0.1, 0.15) is 59.8 Å². The highest BCUT2D eigenvalue weighted by Crippen LogP contribution is 2.29. The van der Waals surface area contributed by atoms with Crippen molar-refractivity contribution in [1.82, 2.24) is 4.57 Å². The van der Waals surface area contributed by atoms with Crippen molar-refractivity contribution in [2.75, 3.05) is 7.11 Å². The van der Waals surface area contributed by atoms with Gasteiger partial charge in [-0.2, -0.15) is 0 Å². The molecule has 0 radical (unpaired) electrons. The molecule has 3 aromatic rings. The summed E-state index contributed by atoms with van der Waals surface area (Å²) >= 11 is 0. The molecular formula is C28H30FNO4. The molecule has 0 aliphatic heterocycles. The number of carbonyl (C=O) groups excluding carboxylic acids is 2. The first kappa shape index (κ1) is 23.7. The number of halogens is 1. The Morgan fingerprint density at radius 3 is 2.44 bits per heavy atom. The molecular weight excluding hydrogens is 433 g/mol. The number of hydrogen-bond donors (Lipinski definition) is 0. The van der Waals surface area contributed by atoms with Gasteiger partial charge in [0.05, 0.1) is 12.8 Å². The number of nitrogens with zero attached hydrogens (tertiary/aromatic N) is 1. The number of carbonyl (C=O) groups is 2. The summed E-state index contributed by atoms with van der Waals surface area (Å²) < 4.78 is 26.3. The molecule has 1 saturated carbocycles. The van der Waals surface area contributed by atoms with E-state index >= 15 is 0 Å². The summed E-state index contributed by atoms with van der Waals surface area (Å²) in [6.07, 6.45) is 7.28. The molecule has 2 aromatic carbocycles. The second-order valence-corrected chi connectivity index (χ2v) is 8.77. The highest BCUT2D eigenvalue weighted by Gasteiger charge is 2.29. The quantitative estimate of drug-likeness (QED) is 0.292. The van der Waals surface area contributed by atoms with Crippen molar-refractivity contribution in [2.24, 2.45) is 5.92 Å². The second-order valence-electron chi connectivity index (χ2n) is 8.77. The van der Waals surface area contributed by atoms with Crippen LogP contribution in [0.2, 0.25) is 0 Å². The number of ether oxygens (including phenoxy) is 2. The molecule has 1 aromatic heterocycles. The molecule has 178 valence electrons. The first-order valence-electron chi connectivity index (χ1n) is 11.8. The zero-order chi connectivity index (χ0) is 23.9. The van der Waals surface area contributed by atoms with Crippen LogP contribution >= 0.6 is 0 Å². The van der Waals surface area contributed by atoms with E-state index in [4.69, 9.17) is 9.47 Å². The fourth-order valence-corrected chi connectivity index (χ4v) is 4.60. The molecule has 0 bridgehead atoms. The monoisotopic (exact) mass is 463 g/mol. The van der Waals surface area contributed by atoms with Crippen LogP contribution in [0.4, 0.5) is 4.39 Å². The third-order valence-electron chi connectivity index (χ3n) is 6.52. The lowest BCUT2D eigenvalue weighted by Crippen LogP contribution is -2.28. The third kappa shape index (κ3) is 5.56. The minimum atomic E-state index is -0.646. The molecule has 0 saturated heterocycles. The van der Waals surface area contributed by atoms with Crippen LogP contribution < -0.4 is 4.74 Å². The van der Waals surface area contributed by atoms with Gasteiger partial charge in [0, 0.05) is 24.1 Å². The maximum atomic E-state index is 13.8. The molecule has 4 rings (SSSR count). The molecule has 1 unspecified atom stereocenters. The van der Waals surface area contributed by atoms with Gasteiger partial charge in [0.15, 0.2) is 5.78 Å². The van der Waals surface area contributed by atoms with Gasteiger partial charge in [0.25, 0.3) is 0 Å². The molecule has 5 nitrogen and oxygen atoms in total. The molecule has 6 heteroatoms. The Balaban J connectivity index is 1.47. The molecule has 1 fully saturated rings. The lowest BCUT2D eigenvalue weighted by atomic mass is 9.85. The Morgan fingerprint density at radius 1 is 1.00 bits per heavy atom. The van der Waals surface area contributed by atoms with Gasteiger partial charge in [-0.25, -0.2) is 9.18 Å². The summed E-state index contributed by atoms with van der Waals surface area (Å²) in [5.74, 6) is 0.0388. The van der Waals surface area contributed by atoms with Crippen molar-refractivity contribution in [1.29, 1.82) is 0 Å². The van der Waals surface area contributed by atoms with Gasteiger partial charge in [-0.3, -0.25) is 4.79 Å². The number of ketones is 1. The topological polar surface area (TPSA) is 57.5 Å². The van der Waals surface area contributed by atoms with E-state index in [0.29, 0.717) is 23.4 Å². The van der Waals surface area contributed by atoms with Crippen LogP contribution in [0.15, 0.2) is 66.9 Å². The molecule has 0 N–H and O–H groups in total. The van der Waals surface area contributed by atoms with Gasteiger partial charge in [-0.1, -0.05) is 49.6 Å². The maximum absolute atomic E-state index is 13.8. The fraction of sp³-hybridized carbons (Fsp3) is 0.357. The highest BCUT2D eigenvalue weighted by atomic mass is 19.1. The molecule has 1 heterocycles. The van der Waals surface area contributed by atoms with E-state index in [1.807, 2.05) is 18.2 Å². The van der Waals surface area contributed by atoms with Crippen LogP contribution in [-0.2, 0) is 22.6 Å². The van der Waals surface area contributed by atoms with Crippen molar-refractivity contribution < 1.29 is 23.5 Å². The van der Waals surface area contributed by atoms with Crippen LogP contribution in [0, 0.1) is 11.7 Å². The van der Waals surface area contributed by atoms with Crippen molar-refractivity contribution in [2.45, 2.75) is 51.2 Å². The van der Waals surface area contributed by atoms with E-state index in [1.54, 1.807) is 47.2 Å². The van der Waals surface area contributed by atoms with Gasteiger partial charge in [-0.05, 0) is 48.7 Å². The molecule has 1 aliphatic carbocycles. The minimum Gasteiger partial charge on any atom is -0.489 e. The highest BCUT2D eigenvalue weighted by molar-refractivity contribution is 5.97. The van der Waals surface area contributed by atoms with Gasteiger partial charge in [-0.15, -0.1) is 0 Å². The number of aromatic nitrogens is 1. The van der Waals surface area contributed by atoms with Crippen LogP contribution in [0.5, 0.6) is 5.75 Å². The van der Waals surface area contributed by atoms with Crippen molar-refractivity contribution in [3.63, 3.8) is 0 Å². The lowest BCUT2D eigenvalue weighted by Gasteiger charge is -2.24. The number of esters is 1. The van der Waals surface area contributed by atoms with E-state index in [9.17, 15) is 14.0 Å². The summed E-state index contributed by atoms with van der Waals surface area (Å²) in [6, 6.07) is 16.8. The minimum absolute atomic E-state index is 0.0200. The van der Waals surface area contributed by atoms with Gasteiger partial charge < -0.3 is 14.0 Å². The predicted octanol–water partition coefficient (Wildman–Crippen LogP) is 5.93. The van der Waals surface area contributed by atoms with E-state index in [-0.39, 0.29) is 24.1 Å². The Labute approximate surface area is 199 Å². The predicted molar refractivity (Wildman–Crippen MR) is 127 cm³/mol. The van der Waals surface area contributed by atoms with Crippen LogP contribution in [0.25, 0.3) is 0 Å². The van der Waals surface area contributed by atoms with Gasteiger partial charge in [0.1, 0.15) is 24.2 Å².